The molecule has 0 bridgehead atoms. The maximum absolute atomic E-state index is 12.1. The topological polar surface area (TPSA) is 72.5 Å². The molecule has 2 aliphatic rings. The summed E-state index contributed by atoms with van der Waals surface area (Å²) in [5, 5.41) is 7.24. The van der Waals surface area contributed by atoms with Crippen LogP contribution in [0, 0.1) is 5.92 Å². The van der Waals surface area contributed by atoms with Gasteiger partial charge in [-0.3, -0.25) is 14.4 Å². The van der Waals surface area contributed by atoms with Gasteiger partial charge in [0.15, 0.2) is 5.76 Å². The summed E-state index contributed by atoms with van der Waals surface area (Å²) in [6.07, 6.45) is 7.87. The van der Waals surface area contributed by atoms with Crippen molar-refractivity contribution >= 4 is 5.91 Å². The molecule has 0 aromatic carbocycles. The molecule has 25 heavy (non-hydrogen) atoms. The number of nitrogens with zero attached hydrogens (tertiary/aromatic N) is 3. The van der Waals surface area contributed by atoms with E-state index in [2.05, 4.69) is 21.5 Å². The molecule has 1 aliphatic heterocycles. The van der Waals surface area contributed by atoms with Crippen molar-refractivity contribution in [2.45, 2.75) is 31.5 Å². The van der Waals surface area contributed by atoms with E-state index < -0.39 is 0 Å². The molecule has 0 radical (unpaired) electrons. The first-order valence-electron chi connectivity index (χ1n) is 8.85. The molecule has 4 rings (SSSR count). The quantitative estimate of drug-likeness (QED) is 0.888. The average molecular weight is 344 g/mol. The fourth-order valence-corrected chi connectivity index (χ4v) is 4.06. The maximum Gasteiger partial charge on any atom is 0.286 e. The van der Waals surface area contributed by atoms with Crippen LogP contribution in [0.25, 0.3) is 0 Å². The predicted octanol–water partition coefficient (Wildman–Crippen LogP) is 1.42. The molecule has 0 unspecified atom stereocenters. The van der Waals surface area contributed by atoms with E-state index in [0.717, 1.165) is 32.5 Å². The van der Waals surface area contributed by atoms with Crippen LogP contribution in [-0.4, -0.2) is 52.4 Å². The largest absolute Gasteiger partial charge is 0.459 e. The molecule has 1 amide bonds. The number of fused-ring (bicyclic) bond motifs is 1. The van der Waals surface area contributed by atoms with Gasteiger partial charge in [-0.25, -0.2) is 0 Å². The highest BCUT2D eigenvalue weighted by Gasteiger charge is 2.42. The molecule has 1 N–H and O–H groups in total. The van der Waals surface area contributed by atoms with E-state index in [0.29, 0.717) is 24.3 Å². The zero-order valence-corrected chi connectivity index (χ0v) is 14.4. The Morgan fingerprint density at radius 2 is 2.36 bits per heavy atom. The van der Waals surface area contributed by atoms with Gasteiger partial charge in [-0.1, -0.05) is 0 Å². The van der Waals surface area contributed by atoms with Crippen molar-refractivity contribution in [3.05, 3.63) is 42.1 Å². The number of morpholine rings is 1. The number of carbonyl (C=O) groups is 1. The molecule has 2 aromatic rings. The number of aryl methyl sites for hydroxylation is 1. The lowest BCUT2D eigenvalue weighted by Crippen LogP contribution is -2.50. The second-order valence-corrected chi connectivity index (χ2v) is 6.92. The molecular formula is C18H24N4O3. The summed E-state index contributed by atoms with van der Waals surface area (Å²) in [5.74, 6) is 0.550. The minimum atomic E-state index is -0.156. The van der Waals surface area contributed by atoms with Gasteiger partial charge in [0.1, 0.15) is 0 Å². The first kappa shape index (κ1) is 16.4. The lowest BCUT2D eigenvalue weighted by molar-refractivity contribution is -0.0757. The summed E-state index contributed by atoms with van der Waals surface area (Å²) >= 11 is 0. The molecule has 7 heteroatoms. The van der Waals surface area contributed by atoms with Gasteiger partial charge in [-0.15, -0.1) is 0 Å². The number of hydrogen-bond donors (Lipinski definition) is 1. The van der Waals surface area contributed by atoms with Gasteiger partial charge in [0.25, 0.3) is 5.91 Å². The summed E-state index contributed by atoms with van der Waals surface area (Å²) in [5.41, 5.74) is 1.23. The normalized spacial score (nSPS) is 26.5. The van der Waals surface area contributed by atoms with Crippen LogP contribution in [-0.2, 0) is 18.3 Å². The zero-order chi connectivity index (χ0) is 17.2. The molecule has 1 aliphatic carbocycles. The number of aromatic nitrogens is 2. The summed E-state index contributed by atoms with van der Waals surface area (Å²) in [6.45, 7) is 3.22. The minimum Gasteiger partial charge on any atom is -0.459 e. The third-order valence-corrected chi connectivity index (χ3v) is 5.25. The number of amides is 1. The Hall–Kier alpha value is -2.12. The first-order valence-corrected chi connectivity index (χ1v) is 8.85. The van der Waals surface area contributed by atoms with Crippen LogP contribution in [0.4, 0.5) is 0 Å². The Kier molecular flexibility index (Phi) is 4.59. The maximum atomic E-state index is 12.1. The second kappa shape index (κ2) is 7.01. The molecule has 2 fully saturated rings. The molecular weight excluding hydrogens is 320 g/mol. The minimum absolute atomic E-state index is 0.156. The van der Waals surface area contributed by atoms with Gasteiger partial charge < -0.3 is 14.5 Å². The second-order valence-electron chi connectivity index (χ2n) is 6.92. The molecule has 134 valence electrons. The van der Waals surface area contributed by atoms with Crippen molar-refractivity contribution in [2.24, 2.45) is 13.0 Å². The average Bonchev–Trinajstić information content (AvgIpc) is 3.34. The SMILES string of the molecule is Cn1cc(CN2CCO[C@@H]3[C@H](CNC(=O)c4ccco4)CC[C@@H]32)cn1. The standard InChI is InChI=1S/C18H24N4O3/c1-21-11-13(9-20-21)12-22-6-8-25-17-14(4-5-15(17)22)10-19-18(23)16-3-2-7-24-16/h2-3,7,9,11,14-15,17H,4-6,8,10,12H2,1H3,(H,19,23)/t14-,15-,17+/m0/s1. The van der Waals surface area contributed by atoms with Crippen molar-refractivity contribution in [1.82, 2.24) is 20.0 Å². The molecule has 2 aromatic heterocycles. The Balaban J connectivity index is 1.35. The number of furan rings is 1. The third-order valence-electron chi connectivity index (χ3n) is 5.25. The monoisotopic (exact) mass is 344 g/mol. The summed E-state index contributed by atoms with van der Waals surface area (Å²) in [7, 11) is 1.94. The number of rotatable bonds is 5. The number of nitrogens with one attached hydrogen (secondary N) is 1. The van der Waals surface area contributed by atoms with Crippen LogP contribution in [0.15, 0.2) is 35.2 Å². The van der Waals surface area contributed by atoms with Gasteiger partial charge in [0, 0.05) is 50.4 Å². The van der Waals surface area contributed by atoms with E-state index in [1.54, 1.807) is 12.1 Å². The van der Waals surface area contributed by atoms with E-state index in [1.165, 1.54) is 11.8 Å². The fourth-order valence-electron chi connectivity index (χ4n) is 4.06. The van der Waals surface area contributed by atoms with Gasteiger partial charge >= 0.3 is 0 Å². The predicted molar refractivity (Wildman–Crippen MR) is 90.9 cm³/mol. The Labute approximate surface area is 146 Å². The first-order chi connectivity index (χ1) is 12.2. The highest BCUT2D eigenvalue weighted by Crippen LogP contribution is 2.35. The number of ether oxygens (including phenoxy) is 1. The van der Waals surface area contributed by atoms with Crippen LogP contribution in [0.2, 0.25) is 0 Å². The Morgan fingerprint density at radius 3 is 3.12 bits per heavy atom. The van der Waals surface area contributed by atoms with Crippen molar-refractivity contribution < 1.29 is 13.9 Å². The molecule has 0 spiro atoms. The van der Waals surface area contributed by atoms with Crippen LogP contribution in [0.1, 0.15) is 29.0 Å². The molecule has 7 nitrogen and oxygen atoms in total. The zero-order valence-electron chi connectivity index (χ0n) is 14.4. The van der Waals surface area contributed by atoms with Crippen molar-refractivity contribution in [2.75, 3.05) is 19.7 Å². The number of carbonyl (C=O) groups excluding carboxylic acids is 1. The number of hydrogen-bond acceptors (Lipinski definition) is 5. The fraction of sp³-hybridized carbons (Fsp3) is 0.556. The molecule has 1 saturated carbocycles. The highest BCUT2D eigenvalue weighted by atomic mass is 16.5. The van der Waals surface area contributed by atoms with Crippen molar-refractivity contribution in [3.8, 4) is 0 Å². The third kappa shape index (κ3) is 3.48. The van der Waals surface area contributed by atoms with Crippen molar-refractivity contribution in [1.29, 1.82) is 0 Å². The smallest absolute Gasteiger partial charge is 0.286 e. The van der Waals surface area contributed by atoms with Gasteiger partial charge in [0.2, 0.25) is 0 Å². The Morgan fingerprint density at radius 1 is 1.44 bits per heavy atom. The molecule has 3 atom stereocenters. The van der Waals surface area contributed by atoms with Crippen LogP contribution in [0.3, 0.4) is 0 Å². The van der Waals surface area contributed by atoms with Gasteiger partial charge in [-0.05, 0) is 25.0 Å². The highest BCUT2D eigenvalue weighted by molar-refractivity contribution is 5.91. The summed E-state index contributed by atoms with van der Waals surface area (Å²) in [4.78, 5) is 14.6. The lowest BCUT2D eigenvalue weighted by Gasteiger charge is -2.39. The summed E-state index contributed by atoms with van der Waals surface area (Å²) < 4.78 is 13.1. The van der Waals surface area contributed by atoms with Crippen molar-refractivity contribution in [3.63, 3.8) is 0 Å². The van der Waals surface area contributed by atoms with E-state index in [4.69, 9.17) is 9.15 Å². The van der Waals surface area contributed by atoms with E-state index in [-0.39, 0.29) is 12.0 Å². The van der Waals surface area contributed by atoms with Crippen LogP contribution in [0.5, 0.6) is 0 Å². The molecule has 3 heterocycles. The molecule has 1 saturated heterocycles. The van der Waals surface area contributed by atoms with Crippen LogP contribution >= 0.6 is 0 Å². The Bertz CT molecular complexity index is 712. The van der Waals surface area contributed by atoms with Crippen LogP contribution < -0.4 is 5.32 Å². The van der Waals surface area contributed by atoms with Gasteiger partial charge in [0.05, 0.1) is 25.2 Å². The van der Waals surface area contributed by atoms with Gasteiger partial charge in [-0.2, -0.15) is 5.10 Å². The lowest BCUT2D eigenvalue weighted by atomic mass is 10.0. The van der Waals surface area contributed by atoms with E-state index >= 15 is 0 Å². The summed E-state index contributed by atoms with van der Waals surface area (Å²) in [6, 6.07) is 3.82. The van der Waals surface area contributed by atoms with E-state index in [9.17, 15) is 4.79 Å². The van der Waals surface area contributed by atoms with E-state index in [1.807, 2.05) is 17.9 Å².